The van der Waals surface area contributed by atoms with Crippen LogP contribution in [0.4, 0.5) is 5.69 Å². The van der Waals surface area contributed by atoms with E-state index in [-0.39, 0.29) is 18.4 Å². The van der Waals surface area contributed by atoms with Crippen molar-refractivity contribution in [1.82, 2.24) is 5.43 Å². The molecule has 0 aliphatic rings. The molecule has 8 heteroatoms. The van der Waals surface area contributed by atoms with Crippen molar-refractivity contribution in [2.75, 3.05) is 19.0 Å². The zero-order valence-electron chi connectivity index (χ0n) is 16.5. The molecule has 0 bridgehead atoms. The number of methoxy groups -OCH3 is 1. The van der Waals surface area contributed by atoms with Crippen molar-refractivity contribution in [2.24, 2.45) is 5.10 Å². The number of nitrogens with one attached hydrogen (secondary N) is 2. The van der Waals surface area contributed by atoms with Gasteiger partial charge in [0.2, 0.25) is 0 Å². The molecule has 0 fully saturated rings. The van der Waals surface area contributed by atoms with E-state index in [1.54, 1.807) is 30.3 Å². The van der Waals surface area contributed by atoms with Gasteiger partial charge >= 0.3 is 0 Å². The lowest BCUT2D eigenvalue weighted by Gasteiger charge is -2.12. The van der Waals surface area contributed by atoms with Crippen LogP contribution in [0.5, 0.6) is 11.5 Å². The molecule has 2 amide bonds. The van der Waals surface area contributed by atoms with Gasteiger partial charge in [0.25, 0.3) is 11.8 Å². The first-order valence-electron chi connectivity index (χ1n) is 9.10. The zero-order valence-corrected chi connectivity index (χ0v) is 17.4. The monoisotopic (exact) mass is 423 g/mol. The van der Waals surface area contributed by atoms with Crippen molar-refractivity contribution >= 4 is 35.1 Å². The fraction of sp³-hybridized carbons (Fsp3) is 0.136. The Morgan fingerprint density at radius 2 is 1.93 bits per heavy atom. The van der Waals surface area contributed by atoms with Gasteiger partial charge in [0.15, 0.2) is 18.1 Å². The maximum atomic E-state index is 12.2. The quantitative estimate of drug-likeness (QED) is 0.425. The Morgan fingerprint density at radius 3 is 2.67 bits per heavy atom. The second kappa shape index (κ2) is 10.2. The molecule has 1 heterocycles. The van der Waals surface area contributed by atoms with Crippen LogP contribution in [0.25, 0.3) is 0 Å². The van der Waals surface area contributed by atoms with Crippen LogP contribution in [-0.2, 0) is 4.79 Å². The number of carbonyl (C=O) groups is 2. The molecular formula is C22H21N3O4S. The minimum atomic E-state index is -0.271. The summed E-state index contributed by atoms with van der Waals surface area (Å²) in [5.41, 5.74) is 4.89. The first kappa shape index (κ1) is 21.1. The van der Waals surface area contributed by atoms with Crippen molar-refractivity contribution in [3.05, 3.63) is 76.0 Å². The van der Waals surface area contributed by atoms with E-state index in [1.165, 1.54) is 24.7 Å². The largest absolute Gasteiger partial charge is 0.493 e. The van der Waals surface area contributed by atoms with Gasteiger partial charge in [0.1, 0.15) is 0 Å². The highest BCUT2D eigenvalue weighted by atomic mass is 32.1. The number of thiophene rings is 1. The number of carbonyl (C=O) groups excluding carboxylic acids is 2. The fourth-order valence-electron chi connectivity index (χ4n) is 2.55. The standard InChI is InChI=1S/C22H21N3O4S/c1-15-6-3-4-7-17(15)24-21(26)14-29-18-10-9-16(12-19(18)28-2)13-23-25-22(27)20-8-5-11-30-20/h3-13H,14H2,1-2H3,(H,24,26)(H,25,27). The van der Waals surface area contributed by atoms with E-state index in [0.717, 1.165) is 11.3 Å². The lowest BCUT2D eigenvalue weighted by atomic mass is 10.2. The van der Waals surface area contributed by atoms with E-state index >= 15 is 0 Å². The molecule has 2 aromatic carbocycles. The Morgan fingerprint density at radius 1 is 1.10 bits per heavy atom. The number of aryl methyl sites for hydroxylation is 1. The van der Waals surface area contributed by atoms with Crippen LogP contribution in [0.1, 0.15) is 20.8 Å². The summed E-state index contributed by atoms with van der Waals surface area (Å²) >= 11 is 1.34. The average Bonchev–Trinajstić information content (AvgIpc) is 3.29. The fourth-order valence-corrected chi connectivity index (χ4v) is 3.17. The van der Waals surface area contributed by atoms with Crippen LogP contribution in [0, 0.1) is 6.92 Å². The number of amides is 2. The average molecular weight is 423 g/mol. The molecule has 30 heavy (non-hydrogen) atoms. The first-order valence-corrected chi connectivity index (χ1v) is 9.98. The Balaban J connectivity index is 1.57. The van der Waals surface area contributed by atoms with Gasteiger partial charge in [-0.25, -0.2) is 5.43 Å². The van der Waals surface area contributed by atoms with Crippen LogP contribution < -0.4 is 20.2 Å². The summed E-state index contributed by atoms with van der Waals surface area (Å²) in [6.45, 7) is 1.76. The summed E-state index contributed by atoms with van der Waals surface area (Å²) in [4.78, 5) is 24.6. The molecule has 0 spiro atoms. The van der Waals surface area contributed by atoms with Crippen LogP contribution in [0.3, 0.4) is 0 Å². The van der Waals surface area contributed by atoms with Crippen LogP contribution in [0.2, 0.25) is 0 Å². The second-order valence-corrected chi connectivity index (χ2v) is 7.19. The summed E-state index contributed by atoms with van der Waals surface area (Å²) in [5.74, 6) is 0.338. The Labute approximate surface area is 178 Å². The highest BCUT2D eigenvalue weighted by molar-refractivity contribution is 7.12. The van der Waals surface area contributed by atoms with E-state index in [1.807, 2.05) is 36.6 Å². The van der Waals surface area contributed by atoms with E-state index in [9.17, 15) is 9.59 Å². The molecule has 1 aromatic heterocycles. The number of nitrogens with zero attached hydrogens (tertiary/aromatic N) is 1. The molecule has 3 rings (SSSR count). The minimum absolute atomic E-state index is 0.158. The predicted molar refractivity (Wildman–Crippen MR) is 118 cm³/mol. The van der Waals surface area contributed by atoms with E-state index in [0.29, 0.717) is 21.9 Å². The van der Waals surface area contributed by atoms with Crippen molar-refractivity contribution in [1.29, 1.82) is 0 Å². The Kier molecular flexibility index (Phi) is 7.18. The molecule has 154 valence electrons. The number of anilines is 1. The van der Waals surface area contributed by atoms with Gasteiger partial charge in [0.05, 0.1) is 18.2 Å². The Bertz CT molecular complexity index is 1050. The maximum Gasteiger partial charge on any atom is 0.281 e. The molecule has 0 saturated carbocycles. The van der Waals surface area contributed by atoms with Crippen molar-refractivity contribution in [2.45, 2.75) is 6.92 Å². The lowest BCUT2D eigenvalue weighted by molar-refractivity contribution is -0.118. The number of benzene rings is 2. The Hall–Kier alpha value is -3.65. The lowest BCUT2D eigenvalue weighted by Crippen LogP contribution is -2.20. The number of hydrogen-bond acceptors (Lipinski definition) is 6. The molecule has 2 N–H and O–H groups in total. The molecular weight excluding hydrogens is 402 g/mol. The number of hydrogen-bond donors (Lipinski definition) is 2. The molecule has 0 radical (unpaired) electrons. The third kappa shape index (κ3) is 5.68. The van der Waals surface area contributed by atoms with Gasteiger partial charge in [-0.05, 0) is 53.8 Å². The highest BCUT2D eigenvalue weighted by Gasteiger charge is 2.10. The van der Waals surface area contributed by atoms with Gasteiger partial charge in [-0.1, -0.05) is 24.3 Å². The maximum absolute atomic E-state index is 12.2. The number of ether oxygens (including phenoxy) is 2. The van der Waals surface area contributed by atoms with Gasteiger partial charge in [0, 0.05) is 5.69 Å². The first-order chi connectivity index (χ1) is 14.6. The van der Waals surface area contributed by atoms with E-state index in [2.05, 4.69) is 15.8 Å². The van der Waals surface area contributed by atoms with Crippen LogP contribution in [0.15, 0.2) is 65.1 Å². The summed E-state index contributed by atoms with van der Waals surface area (Å²) in [6.07, 6.45) is 1.50. The van der Waals surface area contributed by atoms with Gasteiger partial charge in [-0.3, -0.25) is 9.59 Å². The minimum Gasteiger partial charge on any atom is -0.493 e. The smallest absolute Gasteiger partial charge is 0.281 e. The summed E-state index contributed by atoms with van der Waals surface area (Å²) in [6, 6.07) is 16.2. The van der Waals surface area contributed by atoms with Gasteiger partial charge < -0.3 is 14.8 Å². The molecule has 0 aliphatic carbocycles. The predicted octanol–water partition coefficient (Wildman–Crippen LogP) is 3.85. The van der Waals surface area contributed by atoms with Crippen molar-refractivity contribution in [3.8, 4) is 11.5 Å². The summed E-state index contributed by atoms with van der Waals surface area (Å²) in [7, 11) is 1.51. The molecule has 7 nitrogen and oxygen atoms in total. The van der Waals surface area contributed by atoms with E-state index in [4.69, 9.17) is 9.47 Å². The van der Waals surface area contributed by atoms with Crippen molar-refractivity contribution in [3.63, 3.8) is 0 Å². The van der Waals surface area contributed by atoms with Crippen LogP contribution >= 0.6 is 11.3 Å². The third-order valence-electron chi connectivity index (χ3n) is 4.09. The van der Waals surface area contributed by atoms with Crippen molar-refractivity contribution < 1.29 is 19.1 Å². The highest BCUT2D eigenvalue weighted by Crippen LogP contribution is 2.27. The number of rotatable bonds is 8. The molecule has 0 atom stereocenters. The van der Waals surface area contributed by atoms with E-state index < -0.39 is 0 Å². The molecule has 3 aromatic rings. The van der Waals surface area contributed by atoms with Gasteiger partial charge in [-0.15, -0.1) is 11.3 Å². The van der Waals surface area contributed by atoms with Gasteiger partial charge in [-0.2, -0.15) is 5.10 Å². The summed E-state index contributed by atoms with van der Waals surface area (Å²) in [5, 5.41) is 8.59. The SMILES string of the molecule is COc1cc(C=NNC(=O)c2cccs2)ccc1OCC(=O)Nc1ccccc1C. The number of hydrazone groups is 1. The summed E-state index contributed by atoms with van der Waals surface area (Å²) < 4.78 is 10.9. The normalized spacial score (nSPS) is 10.6. The molecule has 0 saturated heterocycles. The zero-order chi connectivity index (χ0) is 21.3. The van der Waals surface area contributed by atoms with Crippen LogP contribution in [-0.4, -0.2) is 31.7 Å². The number of para-hydroxylation sites is 1. The molecule has 0 unspecified atom stereocenters. The second-order valence-electron chi connectivity index (χ2n) is 6.24. The topological polar surface area (TPSA) is 89.0 Å². The third-order valence-corrected chi connectivity index (χ3v) is 4.96. The molecule has 0 aliphatic heterocycles.